The van der Waals surface area contributed by atoms with Crippen molar-refractivity contribution >= 4 is 73.0 Å². The Kier molecular flexibility index (Phi) is 11.4. The highest BCUT2D eigenvalue weighted by Gasteiger charge is 2.40. The number of aliphatic hydroxyl groups excluding tert-OH is 1. The minimum absolute atomic E-state index is 0.137. The quantitative estimate of drug-likeness (QED) is 0.121. The number of nitrogens with one attached hydrogen (secondary N) is 2. The van der Waals surface area contributed by atoms with Crippen molar-refractivity contribution in [3.8, 4) is 12.1 Å². The van der Waals surface area contributed by atoms with Crippen LogP contribution in [0.3, 0.4) is 0 Å². The molecule has 274 valence electrons. The van der Waals surface area contributed by atoms with Crippen molar-refractivity contribution < 1.29 is 48.8 Å². The number of nitrogens with zero attached hydrogens (tertiary/aromatic N) is 2. The second kappa shape index (κ2) is 16.0. The molecule has 6 rings (SSSR count). The molecule has 2 aliphatic heterocycles. The van der Waals surface area contributed by atoms with E-state index in [9.17, 15) is 49.8 Å². The number of hydrogen-bond donors (Lipinski definition) is 5. The molecule has 5 N–H and O–H groups in total. The molecular weight excluding hydrogens is 737 g/mol. The molecule has 0 aliphatic carbocycles. The second-order valence-electron chi connectivity index (χ2n) is 11.8. The van der Waals surface area contributed by atoms with Gasteiger partial charge in [0.25, 0.3) is 0 Å². The smallest absolute Gasteiger partial charge is 0.336 e. The van der Waals surface area contributed by atoms with Crippen LogP contribution in [0.25, 0.3) is 20.2 Å². The number of carbonyl (C=O) groups is 5. The summed E-state index contributed by atoms with van der Waals surface area (Å²) in [6.45, 7) is 2.73. The van der Waals surface area contributed by atoms with Gasteiger partial charge in [-0.05, 0) is 58.6 Å². The van der Waals surface area contributed by atoms with Crippen LogP contribution in [0.5, 0.6) is 0 Å². The third-order valence-corrected chi connectivity index (χ3v) is 11.0. The van der Waals surface area contributed by atoms with Crippen molar-refractivity contribution in [1.82, 2.24) is 10.6 Å². The molecule has 0 spiro atoms. The van der Waals surface area contributed by atoms with Gasteiger partial charge in [0.2, 0.25) is 0 Å². The number of methoxy groups -OCH3 is 2. The van der Waals surface area contributed by atoms with E-state index in [2.05, 4.69) is 22.8 Å². The van der Waals surface area contributed by atoms with Crippen LogP contribution in [-0.4, -0.2) is 66.3 Å². The molecule has 16 heteroatoms. The summed E-state index contributed by atoms with van der Waals surface area (Å²) in [6.07, 6.45) is 0.369. The molecule has 0 saturated heterocycles. The molecule has 54 heavy (non-hydrogen) atoms. The molecule has 2 atom stereocenters. The molecule has 0 fully saturated rings. The van der Waals surface area contributed by atoms with Crippen molar-refractivity contribution in [2.24, 2.45) is 0 Å². The number of carbonyl (C=O) groups excluding carboxylic acids is 3. The fourth-order valence-corrected chi connectivity index (χ4v) is 8.74. The van der Waals surface area contributed by atoms with Crippen LogP contribution in [0.4, 0.5) is 0 Å². The molecule has 0 radical (unpaired) electrons. The number of aldehydes is 1. The van der Waals surface area contributed by atoms with E-state index in [1.54, 1.807) is 42.6 Å². The van der Waals surface area contributed by atoms with Gasteiger partial charge in [0, 0.05) is 11.4 Å². The second-order valence-corrected chi connectivity index (χ2v) is 13.5. The summed E-state index contributed by atoms with van der Waals surface area (Å²) in [5.41, 5.74) is 2.71. The number of nitriles is 2. The molecule has 2 aromatic heterocycles. The van der Waals surface area contributed by atoms with Crippen molar-refractivity contribution in [2.45, 2.75) is 25.7 Å². The number of benzene rings is 2. The predicted molar refractivity (Wildman–Crippen MR) is 197 cm³/mol. The molecule has 0 saturated carbocycles. The molecule has 4 aromatic rings. The molecule has 2 unspecified atom stereocenters. The number of allylic oxidation sites excluding steroid dienone is 3. The highest BCUT2D eigenvalue weighted by molar-refractivity contribution is 7.18. The lowest BCUT2D eigenvalue weighted by Crippen LogP contribution is -2.34. The first-order valence-corrected chi connectivity index (χ1v) is 17.6. The first kappa shape index (κ1) is 38.6. The van der Waals surface area contributed by atoms with E-state index in [1.165, 1.54) is 43.8 Å². The van der Waals surface area contributed by atoms with E-state index in [0.29, 0.717) is 44.3 Å². The third kappa shape index (κ3) is 6.72. The normalized spacial score (nSPS) is 16.8. The summed E-state index contributed by atoms with van der Waals surface area (Å²) in [5.74, 6) is -5.85. The Morgan fingerprint density at radius 2 is 1.22 bits per heavy atom. The number of rotatable bonds is 8. The zero-order chi connectivity index (χ0) is 39.4. The van der Waals surface area contributed by atoms with Gasteiger partial charge in [0.15, 0.2) is 6.29 Å². The van der Waals surface area contributed by atoms with Gasteiger partial charge in [-0.25, -0.2) is 19.2 Å². The summed E-state index contributed by atoms with van der Waals surface area (Å²) in [7, 11) is 2.51. The lowest BCUT2D eigenvalue weighted by molar-refractivity contribution is -0.138. The highest BCUT2D eigenvalue weighted by Crippen LogP contribution is 2.45. The van der Waals surface area contributed by atoms with E-state index in [4.69, 9.17) is 9.47 Å². The predicted octanol–water partition coefficient (Wildman–Crippen LogP) is 4.68. The van der Waals surface area contributed by atoms with Gasteiger partial charge >= 0.3 is 23.9 Å². The number of aliphatic hydroxyl groups is 1. The number of carboxylic acids is 2. The largest absolute Gasteiger partial charge is 0.478 e. The van der Waals surface area contributed by atoms with Gasteiger partial charge in [-0.15, -0.1) is 22.7 Å². The Bertz CT molecular complexity index is 2490. The van der Waals surface area contributed by atoms with Crippen LogP contribution in [0, 0.1) is 22.7 Å². The van der Waals surface area contributed by atoms with Crippen molar-refractivity contribution in [2.75, 3.05) is 20.8 Å². The van der Waals surface area contributed by atoms with E-state index in [0.717, 1.165) is 10.1 Å². The zero-order valence-electron chi connectivity index (χ0n) is 29.0. The van der Waals surface area contributed by atoms with Gasteiger partial charge in [-0.1, -0.05) is 24.3 Å². The fraction of sp³-hybridized carbons (Fsp3) is 0.184. The summed E-state index contributed by atoms with van der Waals surface area (Å²) in [6, 6.07) is 14.5. The fourth-order valence-electron chi connectivity index (χ4n) is 6.62. The maximum absolute atomic E-state index is 12.6. The Morgan fingerprint density at radius 1 is 0.759 bits per heavy atom. The standard InChI is InChI=1S/C20H18N2O5S.C18H12N2O5S/c1-10-15(19(24)26-2)16(17(20(25)27-3)14(8-23)22-10)13-9-28-18-11(7-21)5-4-6-12(13)18;1-8-13(17(22)23)14(15(18(24)25)12(6-21)20-8)11-7-26-16-9(5-19)3-2-4-10(11)16/h4-6,9,16,22-23H,8H2,1-3H3;2-4,6-7,14,20H,1H3,(H,22,23)(H,24,25). The Balaban J connectivity index is 0.000000208. The zero-order valence-corrected chi connectivity index (χ0v) is 30.6. The molecule has 2 aromatic carbocycles. The average Bonchev–Trinajstić information content (AvgIpc) is 3.81. The van der Waals surface area contributed by atoms with Crippen LogP contribution in [0.2, 0.25) is 0 Å². The monoisotopic (exact) mass is 766 g/mol. The minimum Gasteiger partial charge on any atom is -0.478 e. The van der Waals surface area contributed by atoms with Crippen LogP contribution >= 0.6 is 22.7 Å². The summed E-state index contributed by atoms with van der Waals surface area (Å²) >= 11 is 2.59. The van der Waals surface area contributed by atoms with E-state index in [1.807, 2.05) is 11.4 Å². The Morgan fingerprint density at radius 3 is 1.65 bits per heavy atom. The number of thiophene rings is 2. The average molecular weight is 767 g/mol. The number of dihydropyridines is 2. The van der Waals surface area contributed by atoms with Gasteiger partial charge in [0.05, 0.1) is 86.9 Å². The highest BCUT2D eigenvalue weighted by atomic mass is 32.1. The minimum atomic E-state index is -1.38. The number of ether oxygens (including phenoxy) is 2. The molecular formula is C38H30N4O10S2. The SMILES string of the molecule is CC1=C(C(=O)O)C(c2csc3c(C#N)cccc23)C(C(=O)O)=C(C=O)N1.COC(=O)C1=C(C)NC(CO)=C(C(=O)OC)C1c1csc2c(C#N)cccc12. The third-order valence-electron chi connectivity index (χ3n) is 8.91. The molecule has 14 nitrogen and oxygen atoms in total. The first-order chi connectivity index (χ1) is 25.9. The molecule has 4 heterocycles. The van der Waals surface area contributed by atoms with Crippen molar-refractivity contribution in [1.29, 1.82) is 10.5 Å². The van der Waals surface area contributed by atoms with E-state index < -0.39 is 42.3 Å². The van der Waals surface area contributed by atoms with E-state index in [-0.39, 0.29) is 39.4 Å². The van der Waals surface area contributed by atoms with Gasteiger partial charge < -0.3 is 35.4 Å². The van der Waals surface area contributed by atoms with Gasteiger partial charge in [0.1, 0.15) is 12.1 Å². The molecule has 0 bridgehead atoms. The number of fused-ring (bicyclic) bond motifs is 2. The first-order valence-electron chi connectivity index (χ1n) is 15.8. The lowest BCUT2D eigenvalue weighted by atomic mass is 9.80. The number of aliphatic carboxylic acids is 2. The van der Waals surface area contributed by atoms with Crippen LogP contribution in [-0.2, 0) is 33.4 Å². The lowest BCUT2D eigenvalue weighted by Gasteiger charge is -2.30. The number of esters is 2. The maximum atomic E-state index is 12.6. The Hall–Kier alpha value is -6.59. The van der Waals surface area contributed by atoms with E-state index >= 15 is 0 Å². The molecule has 2 aliphatic rings. The number of hydrogen-bond acceptors (Lipinski definition) is 14. The van der Waals surface area contributed by atoms with Crippen LogP contribution in [0.15, 0.2) is 92.2 Å². The maximum Gasteiger partial charge on any atom is 0.336 e. The van der Waals surface area contributed by atoms with Crippen LogP contribution < -0.4 is 10.6 Å². The van der Waals surface area contributed by atoms with Crippen LogP contribution in [0.1, 0.15) is 47.9 Å². The summed E-state index contributed by atoms with van der Waals surface area (Å²) in [4.78, 5) is 60.3. The van der Waals surface area contributed by atoms with Gasteiger partial charge in [-0.3, -0.25) is 4.79 Å². The van der Waals surface area contributed by atoms with Gasteiger partial charge in [-0.2, -0.15) is 10.5 Å². The summed E-state index contributed by atoms with van der Waals surface area (Å²) < 4.78 is 11.3. The number of carboxylic acid groups (broad SMARTS) is 2. The topological polar surface area (TPSA) is 236 Å². The molecule has 0 amide bonds. The van der Waals surface area contributed by atoms with Crippen molar-refractivity contribution in [3.05, 3.63) is 114 Å². The Labute approximate surface area is 315 Å². The summed E-state index contributed by atoms with van der Waals surface area (Å²) in [5, 5.41) is 58.0. The van der Waals surface area contributed by atoms with Crippen molar-refractivity contribution in [3.63, 3.8) is 0 Å².